The molecule has 0 aromatic carbocycles. The van der Waals surface area contributed by atoms with Gasteiger partial charge in [0.25, 0.3) is 0 Å². The Morgan fingerprint density at radius 2 is 1.81 bits per heavy atom. The summed E-state index contributed by atoms with van der Waals surface area (Å²) < 4.78 is 4.72. The Morgan fingerprint density at radius 3 is 2.38 bits per heavy atom. The van der Waals surface area contributed by atoms with Gasteiger partial charge in [0.05, 0.1) is 13.0 Å². The van der Waals surface area contributed by atoms with E-state index >= 15 is 0 Å². The van der Waals surface area contributed by atoms with Gasteiger partial charge in [0.2, 0.25) is 0 Å². The molecule has 0 heterocycles. The van der Waals surface area contributed by atoms with Crippen molar-refractivity contribution >= 4 is 5.97 Å². The molecule has 1 aliphatic carbocycles. The summed E-state index contributed by atoms with van der Waals surface area (Å²) in [4.78, 5) is 11.2. The normalized spacial score (nSPS) is 20.9. The zero-order chi connectivity index (χ0) is 11.8. The number of carbonyl (C=O) groups excluding carboxylic acids is 1. The predicted molar refractivity (Wildman–Crippen MR) is 65.3 cm³/mol. The number of rotatable bonds is 4. The highest BCUT2D eigenvalue weighted by atomic mass is 16.5. The number of ether oxygens (including phenoxy) is 1. The summed E-state index contributed by atoms with van der Waals surface area (Å²) in [7, 11) is 1.45. The molecular formula is C13H25NO2. The van der Waals surface area contributed by atoms with Gasteiger partial charge in [-0.3, -0.25) is 4.79 Å². The van der Waals surface area contributed by atoms with Crippen LogP contribution in [0, 0.1) is 5.92 Å². The first kappa shape index (κ1) is 13.5. The van der Waals surface area contributed by atoms with E-state index in [4.69, 9.17) is 4.74 Å². The standard InChI is InChI=1S/C13H25NO2/c1-11(13(15)16-2)10-14-12-8-6-4-3-5-7-9-12/h11-12,14H,3-10H2,1-2H3. The van der Waals surface area contributed by atoms with Crippen molar-refractivity contribution in [1.82, 2.24) is 5.32 Å². The van der Waals surface area contributed by atoms with Gasteiger partial charge in [0.15, 0.2) is 0 Å². The molecule has 0 aromatic rings. The molecule has 16 heavy (non-hydrogen) atoms. The average molecular weight is 227 g/mol. The van der Waals surface area contributed by atoms with Gasteiger partial charge in [-0.1, -0.05) is 39.0 Å². The molecule has 3 heteroatoms. The van der Waals surface area contributed by atoms with E-state index in [-0.39, 0.29) is 11.9 Å². The minimum atomic E-state index is -0.113. The number of hydrogen-bond donors (Lipinski definition) is 1. The van der Waals surface area contributed by atoms with Crippen molar-refractivity contribution in [3.8, 4) is 0 Å². The van der Waals surface area contributed by atoms with E-state index in [1.165, 1.54) is 52.1 Å². The summed E-state index contributed by atoms with van der Waals surface area (Å²) >= 11 is 0. The van der Waals surface area contributed by atoms with Crippen molar-refractivity contribution in [2.24, 2.45) is 5.92 Å². The van der Waals surface area contributed by atoms with Gasteiger partial charge in [-0.15, -0.1) is 0 Å². The van der Waals surface area contributed by atoms with Crippen molar-refractivity contribution in [2.75, 3.05) is 13.7 Å². The third-order valence-electron chi connectivity index (χ3n) is 3.42. The molecule has 0 bridgehead atoms. The van der Waals surface area contributed by atoms with Gasteiger partial charge in [0, 0.05) is 12.6 Å². The Morgan fingerprint density at radius 1 is 1.25 bits per heavy atom. The van der Waals surface area contributed by atoms with Crippen molar-refractivity contribution in [3.63, 3.8) is 0 Å². The highest BCUT2D eigenvalue weighted by molar-refractivity contribution is 5.72. The Labute approximate surface area is 98.9 Å². The number of hydrogen-bond acceptors (Lipinski definition) is 3. The molecule has 0 aliphatic heterocycles. The van der Waals surface area contributed by atoms with E-state index in [9.17, 15) is 4.79 Å². The lowest BCUT2D eigenvalue weighted by Gasteiger charge is -2.22. The van der Waals surface area contributed by atoms with E-state index in [0.29, 0.717) is 6.04 Å². The topological polar surface area (TPSA) is 38.3 Å². The molecule has 0 saturated heterocycles. The summed E-state index contributed by atoms with van der Waals surface area (Å²) in [5, 5.41) is 3.50. The molecule has 1 unspecified atom stereocenters. The summed E-state index contributed by atoms with van der Waals surface area (Å²) in [6.07, 6.45) is 9.29. The first-order valence-corrected chi connectivity index (χ1v) is 6.55. The molecule has 94 valence electrons. The van der Waals surface area contributed by atoms with Crippen LogP contribution in [0.5, 0.6) is 0 Å². The van der Waals surface area contributed by atoms with Crippen LogP contribution in [-0.2, 0) is 9.53 Å². The van der Waals surface area contributed by atoms with Gasteiger partial charge >= 0.3 is 5.97 Å². The summed E-state index contributed by atoms with van der Waals surface area (Å²) in [5.41, 5.74) is 0. The summed E-state index contributed by atoms with van der Waals surface area (Å²) in [5.74, 6) is -0.145. The molecule has 1 atom stereocenters. The Kier molecular flexibility index (Phi) is 6.46. The molecule has 1 saturated carbocycles. The zero-order valence-electron chi connectivity index (χ0n) is 10.6. The average Bonchev–Trinajstić information content (AvgIpc) is 2.26. The van der Waals surface area contributed by atoms with Crippen LogP contribution in [0.4, 0.5) is 0 Å². The molecule has 3 nitrogen and oxygen atoms in total. The number of esters is 1. The predicted octanol–water partition coefficient (Wildman–Crippen LogP) is 2.50. The maximum absolute atomic E-state index is 11.2. The first-order valence-electron chi connectivity index (χ1n) is 6.55. The lowest BCUT2D eigenvalue weighted by atomic mass is 9.96. The molecule has 0 amide bonds. The van der Waals surface area contributed by atoms with Crippen molar-refractivity contribution < 1.29 is 9.53 Å². The van der Waals surface area contributed by atoms with Crippen LogP contribution in [0.1, 0.15) is 51.9 Å². The van der Waals surface area contributed by atoms with Crippen molar-refractivity contribution in [1.29, 1.82) is 0 Å². The van der Waals surface area contributed by atoms with E-state index in [1.54, 1.807) is 0 Å². The fourth-order valence-corrected chi connectivity index (χ4v) is 2.29. The van der Waals surface area contributed by atoms with E-state index in [1.807, 2.05) is 6.92 Å². The molecule has 1 fully saturated rings. The van der Waals surface area contributed by atoms with Crippen LogP contribution in [0.15, 0.2) is 0 Å². The van der Waals surface area contributed by atoms with E-state index < -0.39 is 0 Å². The monoisotopic (exact) mass is 227 g/mol. The highest BCUT2D eigenvalue weighted by Crippen LogP contribution is 2.17. The SMILES string of the molecule is COC(=O)C(C)CNC1CCCCCCC1. The lowest BCUT2D eigenvalue weighted by molar-refractivity contribution is -0.144. The molecule has 0 aromatic heterocycles. The van der Waals surface area contributed by atoms with Gasteiger partial charge < -0.3 is 10.1 Å². The van der Waals surface area contributed by atoms with E-state index in [2.05, 4.69) is 5.32 Å². The second-order valence-corrected chi connectivity index (χ2v) is 4.87. The summed E-state index contributed by atoms with van der Waals surface area (Å²) in [6.45, 7) is 2.67. The van der Waals surface area contributed by atoms with E-state index in [0.717, 1.165) is 6.54 Å². The zero-order valence-corrected chi connectivity index (χ0v) is 10.6. The van der Waals surface area contributed by atoms with Crippen LogP contribution in [0.25, 0.3) is 0 Å². The van der Waals surface area contributed by atoms with Gasteiger partial charge in [-0.25, -0.2) is 0 Å². The van der Waals surface area contributed by atoms with Crippen molar-refractivity contribution in [2.45, 2.75) is 57.9 Å². The van der Waals surface area contributed by atoms with Crippen LogP contribution in [0.2, 0.25) is 0 Å². The van der Waals surface area contributed by atoms with Crippen LogP contribution in [0.3, 0.4) is 0 Å². The summed E-state index contributed by atoms with van der Waals surface area (Å²) in [6, 6.07) is 0.604. The Balaban J connectivity index is 2.21. The molecule has 0 radical (unpaired) electrons. The maximum atomic E-state index is 11.2. The highest BCUT2D eigenvalue weighted by Gasteiger charge is 2.16. The largest absolute Gasteiger partial charge is 0.469 e. The van der Waals surface area contributed by atoms with Crippen LogP contribution >= 0.6 is 0 Å². The first-order chi connectivity index (χ1) is 7.74. The molecule has 1 rings (SSSR count). The van der Waals surface area contributed by atoms with Crippen LogP contribution in [-0.4, -0.2) is 25.7 Å². The van der Waals surface area contributed by atoms with Crippen molar-refractivity contribution in [3.05, 3.63) is 0 Å². The van der Waals surface area contributed by atoms with Gasteiger partial charge in [0.1, 0.15) is 0 Å². The molecule has 1 N–H and O–H groups in total. The fraction of sp³-hybridized carbons (Fsp3) is 0.923. The molecular weight excluding hydrogens is 202 g/mol. The second-order valence-electron chi connectivity index (χ2n) is 4.87. The number of nitrogens with one attached hydrogen (secondary N) is 1. The third-order valence-corrected chi connectivity index (χ3v) is 3.42. The van der Waals surface area contributed by atoms with Gasteiger partial charge in [-0.05, 0) is 12.8 Å². The maximum Gasteiger partial charge on any atom is 0.309 e. The van der Waals surface area contributed by atoms with Gasteiger partial charge in [-0.2, -0.15) is 0 Å². The Bertz CT molecular complexity index is 198. The fourth-order valence-electron chi connectivity index (χ4n) is 2.29. The third kappa shape index (κ3) is 4.97. The van der Waals surface area contributed by atoms with Crippen LogP contribution < -0.4 is 5.32 Å². The number of carbonyl (C=O) groups is 1. The minimum Gasteiger partial charge on any atom is -0.469 e. The second kappa shape index (κ2) is 7.66. The Hall–Kier alpha value is -0.570. The number of methoxy groups -OCH3 is 1. The quantitative estimate of drug-likeness (QED) is 0.750. The minimum absolute atomic E-state index is 0.0320. The lowest BCUT2D eigenvalue weighted by Crippen LogP contribution is -2.35. The smallest absolute Gasteiger partial charge is 0.309 e. The molecule has 1 aliphatic rings. The molecule has 0 spiro atoms.